The predicted octanol–water partition coefficient (Wildman–Crippen LogP) is 0.588. The molecule has 0 aliphatic rings. The van der Waals surface area contributed by atoms with Gasteiger partial charge in [-0.25, -0.2) is 4.98 Å². The Morgan fingerprint density at radius 3 is 2.93 bits per heavy atom. The van der Waals surface area contributed by atoms with E-state index in [0.29, 0.717) is 19.0 Å². The predicted molar refractivity (Wildman–Crippen MR) is 50.3 cm³/mol. The fraction of sp³-hybridized carbons (Fsp3) is 0.375. The molecular formula is C8H11N3O3. The lowest BCUT2D eigenvalue weighted by atomic mass is 10.4. The fourth-order valence-corrected chi connectivity index (χ4v) is 0.824. The normalized spacial score (nSPS) is 9.79. The lowest BCUT2D eigenvalue weighted by molar-refractivity contribution is -0.385. The third kappa shape index (κ3) is 2.98. The van der Waals surface area contributed by atoms with Crippen LogP contribution >= 0.6 is 0 Å². The highest BCUT2D eigenvalue weighted by atomic mass is 16.6. The van der Waals surface area contributed by atoms with Crippen molar-refractivity contribution in [2.75, 3.05) is 20.2 Å². The minimum atomic E-state index is -0.496. The average Bonchev–Trinajstić information content (AvgIpc) is 2.19. The first kappa shape index (κ1) is 10.4. The molecule has 0 unspecified atom stereocenters. The highest BCUT2D eigenvalue weighted by Gasteiger charge is 2.04. The summed E-state index contributed by atoms with van der Waals surface area (Å²) < 4.78 is 5.18. The second kappa shape index (κ2) is 5.13. The summed E-state index contributed by atoms with van der Waals surface area (Å²) in [5.74, 6) is 0.394. The van der Waals surface area contributed by atoms with Crippen molar-refractivity contribution in [3.63, 3.8) is 0 Å². The molecule has 0 atom stereocenters. The van der Waals surface area contributed by atoms with Crippen LogP contribution in [0.4, 0.5) is 5.69 Å². The Morgan fingerprint density at radius 2 is 2.43 bits per heavy atom. The molecule has 0 spiro atoms. The van der Waals surface area contributed by atoms with Crippen LogP contribution in [0.2, 0.25) is 0 Å². The summed E-state index contributed by atoms with van der Waals surface area (Å²) in [4.78, 5) is 13.6. The van der Waals surface area contributed by atoms with Crippen LogP contribution in [0.3, 0.4) is 0 Å². The molecule has 14 heavy (non-hydrogen) atoms. The Labute approximate surface area is 81.1 Å². The average molecular weight is 197 g/mol. The van der Waals surface area contributed by atoms with Crippen molar-refractivity contribution < 1.29 is 9.66 Å². The second-order valence-corrected chi connectivity index (χ2v) is 2.56. The molecule has 0 aromatic carbocycles. The molecule has 6 heteroatoms. The number of nitrogens with zero attached hydrogens (tertiary/aromatic N) is 2. The molecule has 6 nitrogen and oxygen atoms in total. The third-order valence-corrected chi connectivity index (χ3v) is 1.53. The van der Waals surface area contributed by atoms with Crippen LogP contribution in [0.5, 0.6) is 5.88 Å². The van der Waals surface area contributed by atoms with E-state index in [0.717, 1.165) is 0 Å². The van der Waals surface area contributed by atoms with Gasteiger partial charge in [0, 0.05) is 18.7 Å². The maximum Gasteiger partial charge on any atom is 0.287 e. The molecule has 1 aromatic rings. The van der Waals surface area contributed by atoms with Gasteiger partial charge in [0.1, 0.15) is 12.8 Å². The lowest BCUT2D eigenvalue weighted by Gasteiger charge is -2.03. The van der Waals surface area contributed by atoms with Gasteiger partial charge >= 0.3 is 0 Å². The Kier molecular flexibility index (Phi) is 3.81. The monoisotopic (exact) mass is 197 g/mol. The molecule has 0 radical (unpaired) electrons. The summed E-state index contributed by atoms with van der Waals surface area (Å²) in [6.45, 7) is 1.19. The third-order valence-electron chi connectivity index (χ3n) is 1.53. The van der Waals surface area contributed by atoms with Crippen LogP contribution in [0, 0.1) is 10.1 Å². The van der Waals surface area contributed by atoms with Gasteiger partial charge < -0.3 is 10.1 Å². The van der Waals surface area contributed by atoms with Gasteiger partial charge in [-0.05, 0) is 7.05 Å². The zero-order valence-electron chi connectivity index (χ0n) is 7.77. The summed E-state index contributed by atoms with van der Waals surface area (Å²) in [5, 5.41) is 13.2. The Balaban J connectivity index is 2.51. The minimum Gasteiger partial charge on any atom is -0.476 e. The van der Waals surface area contributed by atoms with Crippen LogP contribution in [-0.2, 0) is 0 Å². The minimum absolute atomic E-state index is 0.0361. The first-order valence-electron chi connectivity index (χ1n) is 4.12. The number of likely N-dealkylation sites (N-methyl/N-ethyl adjacent to an activating group) is 1. The van der Waals surface area contributed by atoms with Crippen LogP contribution in [0.1, 0.15) is 0 Å². The van der Waals surface area contributed by atoms with E-state index in [-0.39, 0.29) is 5.69 Å². The van der Waals surface area contributed by atoms with Gasteiger partial charge in [0.25, 0.3) is 5.69 Å². The highest BCUT2D eigenvalue weighted by molar-refractivity contribution is 5.28. The quantitative estimate of drug-likeness (QED) is 0.424. The summed E-state index contributed by atoms with van der Waals surface area (Å²) in [6.07, 6.45) is 1.18. The number of hydrogen-bond donors (Lipinski definition) is 1. The Hall–Kier alpha value is -1.69. The molecule has 0 bridgehead atoms. The topological polar surface area (TPSA) is 77.3 Å². The number of rotatable bonds is 5. The molecule has 0 fully saturated rings. The van der Waals surface area contributed by atoms with Crippen molar-refractivity contribution in [2.45, 2.75) is 0 Å². The first-order valence-corrected chi connectivity index (χ1v) is 4.12. The van der Waals surface area contributed by atoms with Crippen LogP contribution < -0.4 is 10.1 Å². The number of nitrogens with one attached hydrogen (secondary N) is 1. The van der Waals surface area contributed by atoms with Gasteiger partial charge in [0.05, 0.1) is 4.92 Å². The van der Waals surface area contributed by atoms with E-state index in [1.165, 1.54) is 18.3 Å². The molecule has 0 aliphatic heterocycles. The number of nitro groups is 1. The smallest absolute Gasteiger partial charge is 0.287 e. The summed E-state index contributed by atoms with van der Waals surface area (Å²) >= 11 is 0. The van der Waals surface area contributed by atoms with Gasteiger partial charge in [-0.3, -0.25) is 10.1 Å². The van der Waals surface area contributed by atoms with Gasteiger partial charge in [-0.1, -0.05) is 0 Å². The Bertz CT molecular complexity index is 299. The fourth-order valence-electron chi connectivity index (χ4n) is 0.824. The molecule has 0 saturated carbocycles. The van der Waals surface area contributed by atoms with E-state index in [1.54, 1.807) is 0 Å². The van der Waals surface area contributed by atoms with Crippen molar-refractivity contribution in [3.05, 3.63) is 28.4 Å². The van der Waals surface area contributed by atoms with E-state index in [2.05, 4.69) is 10.3 Å². The largest absolute Gasteiger partial charge is 0.476 e. The maximum absolute atomic E-state index is 10.3. The number of hydrogen-bond acceptors (Lipinski definition) is 5. The summed E-state index contributed by atoms with van der Waals surface area (Å²) in [7, 11) is 1.81. The van der Waals surface area contributed by atoms with E-state index in [9.17, 15) is 10.1 Å². The van der Waals surface area contributed by atoms with Crippen molar-refractivity contribution in [3.8, 4) is 5.88 Å². The zero-order chi connectivity index (χ0) is 10.4. The molecular weight excluding hydrogens is 186 g/mol. The van der Waals surface area contributed by atoms with Crippen molar-refractivity contribution >= 4 is 5.69 Å². The van der Waals surface area contributed by atoms with Crippen LogP contribution in [-0.4, -0.2) is 30.1 Å². The molecule has 0 amide bonds. The highest BCUT2D eigenvalue weighted by Crippen LogP contribution is 2.12. The standard InChI is InChI=1S/C8H11N3O3/c1-9-4-5-14-8-3-2-7(6-10-8)11(12)13/h2-3,6,9H,4-5H2,1H3. The van der Waals surface area contributed by atoms with Crippen LogP contribution in [0.25, 0.3) is 0 Å². The van der Waals surface area contributed by atoms with E-state index in [4.69, 9.17) is 4.74 Å². The van der Waals surface area contributed by atoms with Gasteiger partial charge in [0.15, 0.2) is 0 Å². The van der Waals surface area contributed by atoms with Gasteiger partial charge in [0.2, 0.25) is 5.88 Å². The second-order valence-electron chi connectivity index (χ2n) is 2.56. The summed E-state index contributed by atoms with van der Waals surface area (Å²) in [5.41, 5.74) is -0.0361. The van der Waals surface area contributed by atoms with E-state index < -0.39 is 4.92 Å². The zero-order valence-corrected chi connectivity index (χ0v) is 7.77. The van der Waals surface area contributed by atoms with Gasteiger partial charge in [-0.2, -0.15) is 0 Å². The first-order chi connectivity index (χ1) is 6.74. The van der Waals surface area contributed by atoms with E-state index >= 15 is 0 Å². The molecule has 1 heterocycles. The van der Waals surface area contributed by atoms with E-state index in [1.807, 2.05) is 7.05 Å². The summed E-state index contributed by atoms with van der Waals surface area (Å²) in [6, 6.07) is 2.84. The molecule has 76 valence electrons. The lowest BCUT2D eigenvalue weighted by Crippen LogP contribution is -2.16. The Morgan fingerprint density at radius 1 is 1.64 bits per heavy atom. The molecule has 0 saturated heterocycles. The SMILES string of the molecule is CNCCOc1ccc([N+](=O)[O-])cn1. The number of aromatic nitrogens is 1. The van der Waals surface area contributed by atoms with Crippen LogP contribution in [0.15, 0.2) is 18.3 Å². The number of ether oxygens (including phenoxy) is 1. The van der Waals surface area contributed by atoms with Crippen molar-refractivity contribution in [1.82, 2.24) is 10.3 Å². The molecule has 1 N–H and O–H groups in total. The number of pyridine rings is 1. The molecule has 1 aromatic heterocycles. The van der Waals surface area contributed by atoms with Crippen molar-refractivity contribution in [2.24, 2.45) is 0 Å². The van der Waals surface area contributed by atoms with Gasteiger partial charge in [-0.15, -0.1) is 0 Å². The molecule has 1 rings (SSSR count). The maximum atomic E-state index is 10.3. The molecule has 0 aliphatic carbocycles. The van der Waals surface area contributed by atoms with Crippen molar-refractivity contribution in [1.29, 1.82) is 0 Å².